The smallest absolute Gasteiger partial charge is 0.119 e. The maximum Gasteiger partial charge on any atom is 0.119 e. The highest BCUT2D eigenvalue weighted by Crippen LogP contribution is 2.13. The molecule has 2 aromatic carbocycles. The van der Waals surface area contributed by atoms with E-state index in [-0.39, 0.29) is 0 Å². The standard InChI is InChI=1S/C16H20N2O/c1-13(14-5-3-2-4-6-14)18-11-12-19-16-9-7-15(17)8-10-16/h2-10,13,18H,11-12,17H2,1H3. The third kappa shape index (κ3) is 4.30. The molecule has 3 N–H and O–H groups in total. The number of benzene rings is 2. The van der Waals surface area contributed by atoms with Crippen LogP contribution in [0.2, 0.25) is 0 Å². The molecule has 0 saturated carbocycles. The van der Waals surface area contributed by atoms with Crippen molar-refractivity contribution >= 4 is 5.69 Å². The van der Waals surface area contributed by atoms with Crippen LogP contribution < -0.4 is 15.8 Å². The predicted molar refractivity (Wildman–Crippen MR) is 79.2 cm³/mol. The number of nitrogens with two attached hydrogens (primary N) is 1. The molecule has 2 rings (SSSR count). The molecule has 2 aromatic rings. The number of hydrogen-bond donors (Lipinski definition) is 2. The summed E-state index contributed by atoms with van der Waals surface area (Å²) in [5.74, 6) is 0.850. The molecule has 0 aliphatic rings. The van der Waals surface area contributed by atoms with E-state index in [0.29, 0.717) is 12.6 Å². The number of ether oxygens (including phenoxy) is 1. The van der Waals surface area contributed by atoms with Crippen molar-refractivity contribution in [3.05, 3.63) is 60.2 Å². The van der Waals surface area contributed by atoms with Gasteiger partial charge in [-0.05, 0) is 36.8 Å². The minimum absolute atomic E-state index is 0.330. The van der Waals surface area contributed by atoms with E-state index in [1.54, 1.807) is 0 Å². The number of anilines is 1. The topological polar surface area (TPSA) is 47.3 Å². The lowest BCUT2D eigenvalue weighted by molar-refractivity contribution is 0.307. The third-order valence-corrected chi connectivity index (χ3v) is 3.00. The van der Waals surface area contributed by atoms with Crippen LogP contribution in [0.25, 0.3) is 0 Å². The molecule has 3 heteroatoms. The monoisotopic (exact) mass is 256 g/mol. The molecule has 0 bridgehead atoms. The Bertz CT molecular complexity index is 482. The third-order valence-electron chi connectivity index (χ3n) is 3.00. The molecular formula is C16H20N2O. The zero-order chi connectivity index (χ0) is 13.5. The highest BCUT2D eigenvalue weighted by atomic mass is 16.5. The van der Waals surface area contributed by atoms with Gasteiger partial charge in [0.2, 0.25) is 0 Å². The van der Waals surface area contributed by atoms with Crippen molar-refractivity contribution in [2.75, 3.05) is 18.9 Å². The first kappa shape index (κ1) is 13.4. The van der Waals surface area contributed by atoms with Crippen LogP contribution in [0.15, 0.2) is 54.6 Å². The van der Waals surface area contributed by atoms with Crippen molar-refractivity contribution in [1.29, 1.82) is 0 Å². The maximum absolute atomic E-state index is 5.63. The summed E-state index contributed by atoms with van der Waals surface area (Å²) < 4.78 is 5.63. The second-order valence-electron chi connectivity index (χ2n) is 4.50. The van der Waals surface area contributed by atoms with Crippen LogP contribution in [0, 0.1) is 0 Å². The molecule has 0 spiro atoms. The fraction of sp³-hybridized carbons (Fsp3) is 0.250. The predicted octanol–water partition coefficient (Wildman–Crippen LogP) is 3.00. The molecule has 3 nitrogen and oxygen atoms in total. The van der Waals surface area contributed by atoms with E-state index in [4.69, 9.17) is 10.5 Å². The van der Waals surface area contributed by atoms with Crippen LogP contribution in [0.4, 0.5) is 5.69 Å². The summed E-state index contributed by atoms with van der Waals surface area (Å²) in [6.07, 6.45) is 0. The zero-order valence-electron chi connectivity index (χ0n) is 11.2. The molecule has 0 aromatic heterocycles. The summed E-state index contributed by atoms with van der Waals surface area (Å²) in [5, 5.41) is 3.43. The quantitative estimate of drug-likeness (QED) is 0.617. The van der Waals surface area contributed by atoms with Gasteiger partial charge in [0.25, 0.3) is 0 Å². The SMILES string of the molecule is CC(NCCOc1ccc(N)cc1)c1ccccc1. The second kappa shape index (κ2) is 6.81. The number of nitrogens with one attached hydrogen (secondary N) is 1. The Labute approximate surface area is 114 Å². The number of nitrogen functional groups attached to an aromatic ring is 1. The van der Waals surface area contributed by atoms with Crippen LogP contribution >= 0.6 is 0 Å². The van der Waals surface area contributed by atoms with Crippen molar-refractivity contribution < 1.29 is 4.74 Å². The minimum atomic E-state index is 0.330. The maximum atomic E-state index is 5.63. The summed E-state index contributed by atoms with van der Waals surface area (Å²) in [6, 6.07) is 18.2. The first-order valence-electron chi connectivity index (χ1n) is 6.52. The van der Waals surface area contributed by atoms with Crippen LogP contribution in [0.1, 0.15) is 18.5 Å². The molecular weight excluding hydrogens is 236 g/mol. The van der Waals surface area contributed by atoms with Crippen LogP contribution in [0.5, 0.6) is 5.75 Å². The van der Waals surface area contributed by atoms with Gasteiger partial charge in [0.05, 0.1) is 0 Å². The van der Waals surface area contributed by atoms with Gasteiger partial charge in [-0.15, -0.1) is 0 Å². The van der Waals surface area contributed by atoms with Gasteiger partial charge in [-0.1, -0.05) is 30.3 Å². The van der Waals surface area contributed by atoms with E-state index >= 15 is 0 Å². The normalized spacial score (nSPS) is 12.1. The lowest BCUT2D eigenvalue weighted by Gasteiger charge is -2.14. The zero-order valence-corrected chi connectivity index (χ0v) is 11.2. The molecule has 0 saturated heterocycles. The van der Waals surface area contributed by atoms with E-state index in [0.717, 1.165) is 18.0 Å². The van der Waals surface area contributed by atoms with Gasteiger partial charge in [0.1, 0.15) is 12.4 Å². The van der Waals surface area contributed by atoms with Crippen molar-refractivity contribution in [2.45, 2.75) is 13.0 Å². The Balaban J connectivity index is 1.71. The Morgan fingerprint density at radius 3 is 2.42 bits per heavy atom. The minimum Gasteiger partial charge on any atom is -0.492 e. The van der Waals surface area contributed by atoms with Gasteiger partial charge in [0.15, 0.2) is 0 Å². The van der Waals surface area contributed by atoms with Crippen molar-refractivity contribution in [3.8, 4) is 5.75 Å². The van der Waals surface area contributed by atoms with E-state index < -0.39 is 0 Å². The van der Waals surface area contributed by atoms with E-state index in [1.165, 1.54) is 5.56 Å². The summed E-state index contributed by atoms with van der Waals surface area (Å²) in [5.41, 5.74) is 7.66. The van der Waals surface area contributed by atoms with Gasteiger partial charge in [-0.25, -0.2) is 0 Å². The van der Waals surface area contributed by atoms with Crippen LogP contribution in [0.3, 0.4) is 0 Å². The van der Waals surface area contributed by atoms with Crippen molar-refractivity contribution in [2.24, 2.45) is 0 Å². The molecule has 100 valence electrons. The van der Waals surface area contributed by atoms with Gasteiger partial charge >= 0.3 is 0 Å². The highest BCUT2D eigenvalue weighted by molar-refractivity contribution is 5.41. The average molecular weight is 256 g/mol. The first-order chi connectivity index (χ1) is 9.25. The fourth-order valence-electron chi connectivity index (χ4n) is 1.87. The fourth-order valence-corrected chi connectivity index (χ4v) is 1.87. The van der Waals surface area contributed by atoms with Crippen LogP contribution in [-0.4, -0.2) is 13.2 Å². The average Bonchev–Trinajstić information content (AvgIpc) is 2.46. The second-order valence-corrected chi connectivity index (χ2v) is 4.50. The molecule has 0 fully saturated rings. The van der Waals surface area contributed by atoms with Gasteiger partial charge in [-0.3, -0.25) is 0 Å². The van der Waals surface area contributed by atoms with Gasteiger partial charge in [-0.2, -0.15) is 0 Å². The lowest BCUT2D eigenvalue weighted by Crippen LogP contribution is -2.24. The molecule has 0 heterocycles. The van der Waals surface area contributed by atoms with Crippen molar-refractivity contribution in [3.63, 3.8) is 0 Å². The van der Waals surface area contributed by atoms with Gasteiger partial charge in [0, 0.05) is 18.3 Å². The van der Waals surface area contributed by atoms with Gasteiger partial charge < -0.3 is 15.8 Å². The Morgan fingerprint density at radius 1 is 1.05 bits per heavy atom. The van der Waals surface area contributed by atoms with E-state index in [2.05, 4.69) is 36.5 Å². The lowest BCUT2D eigenvalue weighted by atomic mass is 10.1. The largest absolute Gasteiger partial charge is 0.492 e. The van der Waals surface area contributed by atoms with Crippen molar-refractivity contribution in [1.82, 2.24) is 5.32 Å². The highest BCUT2D eigenvalue weighted by Gasteiger charge is 2.02. The molecule has 0 aliphatic carbocycles. The summed E-state index contributed by atoms with van der Waals surface area (Å²) in [7, 11) is 0. The molecule has 19 heavy (non-hydrogen) atoms. The summed E-state index contributed by atoms with van der Waals surface area (Å²) in [4.78, 5) is 0. The van der Waals surface area contributed by atoms with E-state index in [1.807, 2.05) is 30.3 Å². The summed E-state index contributed by atoms with van der Waals surface area (Å²) in [6.45, 7) is 3.60. The Kier molecular flexibility index (Phi) is 4.81. The van der Waals surface area contributed by atoms with E-state index in [9.17, 15) is 0 Å². The number of rotatable bonds is 6. The molecule has 0 aliphatic heterocycles. The molecule has 1 atom stereocenters. The summed E-state index contributed by atoms with van der Waals surface area (Å²) >= 11 is 0. The molecule has 0 radical (unpaired) electrons. The Morgan fingerprint density at radius 2 is 1.74 bits per heavy atom. The Hall–Kier alpha value is -2.00. The molecule has 0 amide bonds. The van der Waals surface area contributed by atoms with Crippen LogP contribution in [-0.2, 0) is 0 Å². The number of hydrogen-bond acceptors (Lipinski definition) is 3. The molecule has 1 unspecified atom stereocenters. The first-order valence-corrected chi connectivity index (χ1v) is 6.52.